The fourth-order valence-electron chi connectivity index (χ4n) is 2.09. The van der Waals surface area contributed by atoms with Crippen molar-refractivity contribution >= 4 is 0 Å². The average Bonchev–Trinajstić information content (AvgIpc) is 2.24. The van der Waals surface area contributed by atoms with Crippen LogP contribution in [0.15, 0.2) is 0 Å². The number of piperidine rings is 1. The summed E-state index contributed by atoms with van der Waals surface area (Å²) < 4.78 is 5.11. The zero-order valence-corrected chi connectivity index (χ0v) is 11.4. The van der Waals surface area contributed by atoms with Crippen LogP contribution >= 0.6 is 0 Å². The van der Waals surface area contributed by atoms with E-state index in [1.54, 1.807) is 7.11 Å². The maximum atomic E-state index is 5.11. The second-order valence-electron chi connectivity index (χ2n) is 5.91. The van der Waals surface area contributed by atoms with Gasteiger partial charge in [0.2, 0.25) is 0 Å². The Morgan fingerprint density at radius 2 is 1.88 bits per heavy atom. The molecule has 3 nitrogen and oxygen atoms in total. The van der Waals surface area contributed by atoms with Crippen LogP contribution < -0.4 is 5.32 Å². The highest BCUT2D eigenvalue weighted by atomic mass is 16.5. The van der Waals surface area contributed by atoms with E-state index in [2.05, 4.69) is 31.0 Å². The molecule has 0 atom stereocenters. The molecule has 1 saturated heterocycles. The summed E-state index contributed by atoms with van der Waals surface area (Å²) in [6, 6.07) is 0. The minimum absolute atomic E-state index is 0.257. The number of methoxy groups -OCH3 is 1. The molecule has 96 valence electrons. The Hall–Kier alpha value is -0.120. The van der Waals surface area contributed by atoms with E-state index in [0.717, 1.165) is 19.1 Å². The zero-order valence-electron chi connectivity index (χ0n) is 11.4. The highest BCUT2D eigenvalue weighted by Crippen LogP contribution is 2.16. The summed E-state index contributed by atoms with van der Waals surface area (Å²) >= 11 is 0. The standard InChI is InChI=1S/C13H28N2O/c1-13(2,3)14-11-12-5-7-15(8-6-12)9-10-16-4/h12,14H,5-11H2,1-4H3. The van der Waals surface area contributed by atoms with Crippen LogP contribution in [0.4, 0.5) is 0 Å². The predicted octanol–water partition coefficient (Wildman–Crippen LogP) is 1.73. The van der Waals surface area contributed by atoms with Crippen molar-refractivity contribution in [3.63, 3.8) is 0 Å². The topological polar surface area (TPSA) is 24.5 Å². The van der Waals surface area contributed by atoms with Crippen LogP contribution in [0.1, 0.15) is 33.6 Å². The van der Waals surface area contributed by atoms with Gasteiger partial charge in [0.25, 0.3) is 0 Å². The summed E-state index contributed by atoms with van der Waals surface area (Å²) in [7, 11) is 1.78. The molecule has 0 radical (unpaired) electrons. The number of nitrogens with zero attached hydrogens (tertiary/aromatic N) is 1. The molecule has 0 aromatic heterocycles. The first-order chi connectivity index (χ1) is 7.51. The molecule has 0 aliphatic carbocycles. The molecule has 1 rings (SSSR count). The van der Waals surface area contributed by atoms with Crippen molar-refractivity contribution in [1.82, 2.24) is 10.2 Å². The van der Waals surface area contributed by atoms with E-state index in [0.29, 0.717) is 0 Å². The Kier molecular flexibility index (Phi) is 5.73. The maximum Gasteiger partial charge on any atom is 0.0589 e. The molecule has 0 aromatic rings. The number of rotatable bonds is 5. The molecule has 1 aliphatic heterocycles. The highest BCUT2D eigenvalue weighted by Gasteiger charge is 2.20. The SMILES string of the molecule is COCCN1CCC(CNC(C)(C)C)CC1. The van der Waals surface area contributed by atoms with Crippen LogP contribution in [0.25, 0.3) is 0 Å². The lowest BCUT2D eigenvalue weighted by Gasteiger charge is -2.33. The molecule has 0 amide bonds. The van der Waals surface area contributed by atoms with Crippen molar-refractivity contribution in [3.8, 4) is 0 Å². The third kappa shape index (κ3) is 5.83. The molecule has 0 saturated carbocycles. The normalized spacial score (nSPS) is 20.2. The van der Waals surface area contributed by atoms with Gasteiger partial charge in [0.05, 0.1) is 6.61 Å². The van der Waals surface area contributed by atoms with Crippen molar-refractivity contribution in [2.75, 3.05) is 39.9 Å². The molecule has 1 fully saturated rings. The molecule has 16 heavy (non-hydrogen) atoms. The van der Waals surface area contributed by atoms with Crippen molar-refractivity contribution in [2.24, 2.45) is 5.92 Å². The van der Waals surface area contributed by atoms with Gasteiger partial charge in [0.1, 0.15) is 0 Å². The van der Waals surface area contributed by atoms with Crippen molar-refractivity contribution < 1.29 is 4.74 Å². The van der Waals surface area contributed by atoms with Crippen LogP contribution in [-0.4, -0.2) is 50.3 Å². The lowest BCUT2D eigenvalue weighted by Crippen LogP contribution is -2.43. The molecular formula is C13H28N2O. The molecule has 3 heteroatoms. The molecule has 0 spiro atoms. The highest BCUT2D eigenvalue weighted by molar-refractivity contribution is 4.77. The molecule has 1 aliphatic rings. The van der Waals surface area contributed by atoms with Crippen LogP contribution in [0.2, 0.25) is 0 Å². The van der Waals surface area contributed by atoms with Gasteiger partial charge in [0.15, 0.2) is 0 Å². The molecular weight excluding hydrogens is 200 g/mol. The van der Waals surface area contributed by atoms with Gasteiger partial charge in [-0.25, -0.2) is 0 Å². The van der Waals surface area contributed by atoms with E-state index < -0.39 is 0 Å². The number of hydrogen-bond acceptors (Lipinski definition) is 3. The minimum atomic E-state index is 0.257. The Morgan fingerprint density at radius 1 is 1.25 bits per heavy atom. The van der Waals surface area contributed by atoms with Gasteiger partial charge in [-0.3, -0.25) is 0 Å². The largest absolute Gasteiger partial charge is 0.383 e. The van der Waals surface area contributed by atoms with E-state index in [-0.39, 0.29) is 5.54 Å². The van der Waals surface area contributed by atoms with Crippen molar-refractivity contribution in [3.05, 3.63) is 0 Å². The lowest BCUT2D eigenvalue weighted by molar-refractivity contribution is 0.118. The average molecular weight is 228 g/mol. The Balaban J connectivity index is 2.12. The first-order valence-corrected chi connectivity index (χ1v) is 6.47. The van der Waals surface area contributed by atoms with Gasteiger partial charge in [-0.1, -0.05) is 0 Å². The van der Waals surface area contributed by atoms with Gasteiger partial charge in [-0.05, 0) is 59.2 Å². The summed E-state index contributed by atoms with van der Waals surface area (Å²) in [6.45, 7) is 12.3. The molecule has 0 unspecified atom stereocenters. The molecule has 1 N–H and O–H groups in total. The Morgan fingerprint density at radius 3 is 2.38 bits per heavy atom. The second kappa shape index (κ2) is 6.58. The van der Waals surface area contributed by atoms with E-state index in [4.69, 9.17) is 4.74 Å². The van der Waals surface area contributed by atoms with Crippen LogP contribution in [0.5, 0.6) is 0 Å². The quantitative estimate of drug-likeness (QED) is 0.775. The Labute approximate surface area is 101 Å². The van der Waals surface area contributed by atoms with Gasteiger partial charge >= 0.3 is 0 Å². The summed E-state index contributed by atoms with van der Waals surface area (Å²) in [5.74, 6) is 0.859. The minimum Gasteiger partial charge on any atom is -0.383 e. The first kappa shape index (κ1) is 13.9. The monoisotopic (exact) mass is 228 g/mol. The fourth-order valence-corrected chi connectivity index (χ4v) is 2.09. The van der Waals surface area contributed by atoms with E-state index >= 15 is 0 Å². The Bertz CT molecular complexity index is 181. The molecule has 0 bridgehead atoms. The molecule has 1 heterocycles. The third-order valence-electron chi connectivity index (χ3n) is 3.24. The van der Waals surface area contributed by atoms with Crippen LogP contribution in [0.3, 0.4) is 0 Å². The van der Waals surface area contributed by atoms with Gasteiger partial charge in [-0.15, -0.1) is 0 Å². The van der Waals surface area contributed by atoms with Gasteiger partial charge < -0.3 is 15.0 Å². The second-order valence-corrected chi connectivity index (χ2v) is 5.91. The summed E-state index contributed by atoms with van der Waals surface area (Å²) in [6.07, 6.45) is 2.65. The maximum absolute atomic E-state index is 5.11. The number of ether oxygens (including phenoxy) is 1. The van der Waals surface area contributed by atoms with Crippen LogP contribution in [-0.2, 0) is 4.74 Å². The smallest absolute Gasteiger partial charge is 0.0589 e. The van der Waals surface area contributed by atoms with E-state index in [1.165, 1.54) is 32.5 Å². The lowest BCUT2D eigenvalue weighted by atomic mass is 9.95. The zero-order chi connectivity index (χ0) is 12.0. The number of hydrogen-bond donors (Lipinski definition) is 1. The summed E-state index contributed by atoms with van der Waals surface area (Å²) in [4.78, 5) is 2.51. The first-order valence-electron chi connectivity index (χ1n) is 6.47. The van der Waals surface area contributed by atoms with Crippen molar-refractivity contribution in [1.29, 1.82) is 0 Å². The number of nitrogens with one attached hydrogen (secondary N) is 1. The van der Waals surface area contributed by atoms with Crippen molar-refractivity contribution in [2.45, 2.75) is 39.2 Å². The van der Waals surface area contributed by atoms with E-state index in [1.807, 2.05) is 0 Å². The summed E-state index contributed by atoms with van der Waals surface area (Å²) in [5.41, 5.74) is 0.257. The van der Waals surface area contributed by atoms with Gasteiger partial charge in [-0.2, -0.15) is 0 Å². The van der Waals surface area contributed by atoms with Gasteiger partial charge in [0, 0.05) is 19.2 Å². The summed E-state index contributed by atoms with van der Waals surface area (Å²) in [5, 5.41) is 3.61. The number of likely N-dealkylation sites (tertiary alicyclic amines) is 1. The molecule has 0 aromatic carbocycles. The van der Waals surface area contributed by atoms with E-state index in [9.17, 15) is 0 Å². The third-order valence-corrected chi connectivity index (χ3v) is 3.24. The predicted molar refractivity (Wildman–Crippen MR) is 68.8 cm³/mol. The fraction of sp³-hybridized carbons (Fsp3) is 1.00. The van der Waals surface area contributed by atoms with Crippen LogP contribution in [0, 0.1) is 5.92 Å².